The average Bonchev–Trinajstić information content (AvgIpc) is 2.60. The van der Waals surface area contributed by atoms with Crippen molar-refractivity contribution in [1.29, 1.82) is 0 Å². The summed E-state index contributed by atoms with van der Waals surface area (Å²) in [5.41, 5.74) is 0. The highest BCUT2D eigenvalue weighted by Crippen LogP contribution is 2.39. The first-order valence-electron chi connectivity index (χ1n) is 4.17. The zero-order valence-corrected chi connectivity index (χ0v) is 6.32. The first-order chi connectivity index (χ1) is 5.29. The fraction of sp³-hybridized carbons (Fsp3) is 0.875. The predicted molar refractivity (Wildman–Crippen MR) is 38.3 cm³/mol. The zero-order chi connectivity index (χ0) is 7.84. The molecule has 0 spiro atoms. The van der Waals surface area contributed by atoms with Crippen LogP contribution < -0.4 is 0 Å². The normalized spacial score (nSPS) is 37.5. The summed E-state index contributed by atoms with van der Waals surface area (Å²) in [4.78, 5) is 10.4. The number of hydrogen-bond acceptors (Lipinski definition) is 2. The fourth-order valence-electron chi connectivity index (χ4n) is 1.97. The molecule has 0 amide bonds. The minimum Gasteiger partial charge on any atom is -0.479 e. The number of ether oxygens (including phenoxy) is 1. The van der Waals surface area contributed by atoms with Crippen LogP contribution in [0.1, 0.15) is 25.7 Å². The van der Waals surface area contributed by atoms with Crippen LogP contribution in [-0.4, -0.2) is 23.3 Å². The quantitative estimate of drug-likeness (QED) is 0.607. The Balaban J connectivity index is 1.85. The van der Waals surface area contributed by atoms with Gasteiger partial charge in [-0.1, -0.05) is 12.8 Å². The molecular weight excluding hydrogens is 144 g/mol. The van der Waals surface area contributed by atoms with Gasteiger partial charge < -0.3 is 9.84 Å². The van der Waals surface area contributed by atoms with Crippen molar-refractivity contribution in [3.8, 4) is 0 Å². The van der Waals surface area contributed by atoms with Gasteiger partial charge in [-0.05, 0) is 18.8 Å². The molecule has 1 N–H and O–H groups in total. The van der Waals surface area contributed by atoms with E-state index >= 15 is 0 Å². The second-order valence-electron chi connectivity index (χ2n) is 3.40. The number of epoxide rings is 1. The maximum atomic E-state index is 10.4. The monoisotopic (exact) mass is 156 g/mol. The molecule has 2 aliphatic rings. The summed E-state index contributed by atoms with van der Waals surface area (Å²) in [6.45, 7) is 0. The molecule has 0 aromatic rings. The van der Waals surface area contributed by atoms with Gasteiger partial charge in [0.15, 0.2) is 6.10 Å². The summed E-state index contributed by atoms with van der Waals surface area (Å²) >= 11 is 0. The van der Waals surface area contributed by atoms with Crippen LogP contribution in [0.3, 0.4) is 0 Å². The topological polar surface area (TPSA) is 49.8 Å². The van der Waals surface area contributed by atoms with Crippen molar-refractivity contribution < 1.29 is 14.6 Å². The first kappa shape index (κ1) is 7.10. The molecule has 1 heterocycles. The standard InChI is InChI=1S/C8H12O3/c9-8(10)7-6(11-7)5-3-1-2-4-5/h5-7H,1-4H2,(H,9,10). The predicted octanol–water partition coefficient (Wildman–Crippen LogP) is 1.03. The second-order valence-corrected chi connectivity index (χ2v) is 3.40. The summed E-state index contributed by atoms with van der Waals surface area (Å²) in [6.07, 6.45) is 4.39. The third kappa shape index (κ3) is 1.25. The number of aliphatic carboxylic acids is 1. The molecule has 0 bridgehead atoms. The number of carboxylic acids is 1. The molecule has 2 rings (SSSR count). The van der Waals surface area contributed by atoms with E-state index in [-0.39, 0.29) is 6.10 Å². The van der Waals surface area contributed by atoms with E-state index in [9.17, 15) is 4.79 Å². The van der Waals surface area contributed by atoms with Crippen molar-refractivity contribution >= 4 is 5.97 Å². The molecule has 62 valence electrons. The molecule has 2 unspecified atom stereocenters. The number of hydrogen-bond donors (Lipinski definition) is 1. The Bertz CT molecular complexity index is 172. The highest BCUT2D eigenvalue weighted by atomic mass is 16.6. The van der Waals surface area contributed by atoms with E-state index < -0.39 is 12.1 Å². The second kappa shape index (κ2) is 2.48. The van der Waals surface area contributed by atoms with Gasteiger partial charge in [-0.2, -0.15) is 0 Å². The van der Waals surface area contributed by atoms with Crippen LogP contribution in [-0.2, 0) is 9.53 Å². The van der Waals surface area contributed by atoms with Gasteiger partial charge in [0.05, 0.1) is 6.10 Å². The van der Waals surface area contributed by atoms with Gasteiger partial charge in [-0.25, -0.2) is 4.79 Å². The van der Waals surface area contributed by atoms with Crippen LogP contribution in [0.5, 0.6) is 0 Å². The molecule has 2 atom stereocenters. The molecule has 0 radical (unpaired) electrons. The van der Waals surface area contributed by atoms with Crippen molar-refractivity contribution in [2.24, 2.45) is 5.92 Å². The van der Waals surface area contributed by atoms with Gasteiger partial charge in [0.2, 0.25) is 0 Å². The third-order valence-corrected chi connectivity index (χ3v) is 2.63. The largest absolute Gasteiger partial charge is 0.479 e. The molecule has 1 saturated carbocycles. The van der Waals surface area contributed by atoms with E-state index in [0.29, 0.717) is 5.92 Å². The summed E-state index contributed by atoms with van der Waals surface area (Å²) in [7, 11) is 0. The highest BCUT2D eigenvalue weighted by molar-refractivity contribution is 5.75. The van der Waals surface area contributed by atoms with Gasteiger partial charge in [-0.15, -0.1) is 0 Å². The average molecular weight is 156 g/mol. The molecule has 3 nitrogen and oxygen atoms in total. The molecule has 0 aromatic heterocycles. The molecule has 1 aliphatic heterocycles. The highest BCUT2D eigenvalue weighted by Gasteiger charge is 2.50. The van der Waals surface area contributed by atoms with Gasteiger partial charge in [-0.3, -0.25) is 0 Å². The maximum absolute atomic E-state index is 10.4. The van der Waals surface area contributed by atoms with Crippen molar-refractivity contribution in [2.45, 2.75) is 37.9 Å². The Morgan fingerprint density at radius 3 is 2.45 bits per heavy atom. The van der Waals surface area contributed by atoms with Crippen LogP contribution >= 0.6 is 0 Å². The summed E-state index contributed by atoms with van der Waals surface area (Å²) in [5, 5.41) is 8.56. The van der Waals surface area contributed by atoms with Crippen molar-refractivity contribution in [2.75, 3.05) is 0 Å². The lowest BCUT2D eigenvalue weighted by molar-refractivity contribution is -0.138. The lowest BCUT2D eigenvalue weighted by atomic mass is 10.0. The van der Waals surface area contributed by atoms with Crippen LogP contribution in [0.15, 0.2) is 0 Å². The van der Waals surface area contributed by atoms with Gasteiger partial charge in [0.1, 0.15) is 0 Å². The first-order valence-corrected chi connectivity index (χ1v) is 4.17. The summed E-state index contributed by atoms with van der Waals surface area (Å²) < 4.78 is 5.06. The van der Waals surface area contributed by atoms with E-state index in [2.05, 4.69) is 0 Å². The lowest BCUT2D eigenvalue weighted by Gasteiger charge is -2.00. The minimum absolute atomic E-state index is 0.0509. The van der Waals surface area contributed by atoms with Crippen LogP contribution in [0, 0.1) is 5.92 Å². The molecule has 0 aromatic carbocycles. The SMILES string of the molecule is O=C(O)C1OC1C1CCCC1. The van der Waals surface area contributed by atoms with E-state index in [0.717, 1.165) is 12.8 Å². The molecule has 3 heteroatoms. The smallest absolute Gasteiger partial charge is 0.335 e. The Morgan fingerprint density at radius 2 is 2.00 bits per heavy atom. The van der Waals surface area contributed by atoms with Crippen LogP contribution in [0.25, 0.3) is 0 Å². The summed E-state index contributed by atoms with van der Waals surface area (Å²) in [6, 6.07) is 0. The third-order valence-electron chi connectivity index (χ3n) is 2.63. The Morgan fingerprint density at radius 1 is 1.36 bits per heavy atom. The fourth-order valence-corrected chi connectivity index (χ4v) is 1.97. The molecule has 2 fully saturated rings. The lowest BCUT2D eigenvalue weighted by Crippen LogP contribution is -2.13. The van der Waals surface area contributed by atoms with Crippen LogP contribution in [0.4, 0.5) is 0 Å². The zero-order valence-electron chi connectivity index (χ0n) is 6.32. The Kier molecular flexibility index (Phi) is 1.60. The molecule has 1 saturated heterocycles. The Hall–Kier alpha value is -0.570. The van der Waals surface area contributed by atoms with Crippen molar-refractivity contribution in [1.82, 2.24) is 0 Å². The summed E-state index contributed by atoms with van der Waals surface area (Å²) in [5.74, 6) is -0.252. The number of carbonyl (C=O) groups is 1. The number of rotatable bonds is 2. The van der Waals surface area contributed by atoms with Crippen molar-refractivity contribution in [3.05, 3.63) is 0 Å². The van der Waals surface area contributed by atoms with Crippen molar-refractivity contribution in [3.63, 3.8) is 0 Å². The van der Waals surface area contributed by atoms with Gasteiger partial charge in [0, 0.05) is 0 Å². The molecule has 11 heavy (non-hydrogen) atoms. The van der Waals surface area contributed by atoms with Crippen LogP contribution in [0.2, 0.25) is 0 Å². The van der Waals surface area contributed by atoms with E-state index in [1.807, 2.05) is 0 Å². The Labute approximate surface area is 65.4 Å². The van der Waals surface area contributed by atoms with Gasteiger partial charge in [0.25, 0.3) is 0 Å². The van der Waals surface area contributed by atoms with E-state index in [4.69, 9.17) is 9.84 Å². The maximum Gasteiger partial charge on any atom is 0.335 e. The molecule has 1 aliphatic carbocycles. The molecular formula is C8H12O3. The number of carboxylic acid groups (broad SMARTS) is 1. The van der Waals surface area contributed by atoms with Gasteiger partial charge >= 0.3 is 5.97 Å². The van der Waals surface area contributed by atoms with E-state index in [1.54, 1.807) is 0 Å². The van der Waals surface area contributed by atoms with E-state index in [1.165, 1.54) is 12.8 Å². The minimum atomic E-state index is -0.790.